The molecule has 0 bridgehead atoms. The molecule has 1 saturated heterocycles. The van der Waals surface area contributed by atoms with Gasteiger partial charge in [0.15, 0.2) is 5.13 Å². The minimum Gasteiger partial charge on any atom is -0.342 e. The highest BCUT2D eigenvalue weighted by Crippen LogP contribution is 2.33. The van der Waals surface area contributed by atoms with Crippen molar-refractivity contribution >= 4 is 49.8 Å². The molecule has 6 nitrogen and oxygen atoms in total. The first-order valence-electron chi connectivity index (χ1n) is 11.1. The van der Waals surface area contributed by atoms with E-state index in [1.165, 1.54) is 30.6 Å². The Morgan fingerprint density at radius 3 is 2.55 bits per heavy atom. The van der Waals surface area contributed by atoms with E-state index < -0.39 is 0 Å². The number of hydrogen-bond donors (Lipinski definition) is 1. The fourth-order valence-corrected chi connectivity index (χ4v) is 6.45. The summed E-state index contributed by atoms with van der Waals surface area (Å²) in [6.45, 7) is 1.60. The average Bonchev–Trinajstić information content (AvgIpc) is 3.46. The molecule has 0 spiro atoms. The van der Waals surface area contributed by atoms with Crippen LogP contribution in [0.1, 0.15) is 66.4 Å². The number of para-hydroxylation sites is 1. The van der Waals surface area contributed by atoms with Crippen molar-refractivity contribution in [2.45, 2.75) is 50.9 Å². The van der Waals surface area contributed by atoms with Crippen molar-refractivity contribution < 1.29 is 9.59 Å². The van der Waals surface area contributed by atoms with E-state index in [1.54, 1.807) is 11.3 Å². The van der Waals surface area contributed by atoms with Gasteiger partial charge >= 0.3 is 0 Å². The van der Waals surface area contributed by atoms with Crippen LogP contribution in [0.4, 0.5) is 5.13 Å². The van der Waals surface area contributed by atoms with Gasteiger partial charge in [-0.1, -0.05) is 42.7 Å². The predicted molar refractivity (Wildman–Crippen MR) is 125 cm³/mol. The second-order valence-corrected chi connectivity index (χ2v) is 10.4. The van der Waals surface area contributed by atoms with E-state index in [0.29, 0.717) is 22.7 Å². The van der Waals surface area contributed by atoms with Crippen LogP contribution < -0.4 is 5.32 Å². The summed E-state index contributed by atoms with van der Waals surface area (Å²) in [4.78, 5) is 36.6. The van der Waals surface area contributed by atoms with Gasteiger partial charge in [0.1, 0.15) is 5.69 Å². The molecule has 0 unspecified atom stereocenters. The topological polar surface area (TPSA) is 75.2 Å². The number of rotatable bonds is 4. The summed E-state index contributed by atoms with van der Waals surface area (Å²) in [5, 5.41) is 6.31. The maximum Gasteiger partial charge on any atom is 0.276 e. The summed E-state index contributed by atoms with van der Waals surface area (Å²) in [5.74, 6) is 0.701. The smallest absolute Gasteiger partial charge is 0.276 e. The third-order valence-electron chi connectivity index (χ3n) is 6.38. The van der Waals surface area contributed by atoms with Crippen LogP contribution in [-0.4, -0.2) is 39.8 Å². The number of carbonyl (C=O) groups is 2. The Morgan fingerprint density at radius 1 is 1.00 bits per heavy atom. The number of benzene rings is 1. The maximum absolute atomic E-state index is 12.8. The minimum absolute atomic E-state index is 0.216. The molecule has 2 aromatic heterocycles. The Hall–Kier alpha value is -2.32. The number of anilines is 1. The molecule has 5 rings (SSSR count). The summed E-state index contributed by atoms with van der Waals surface area (Å²) < 4.78 is 1.05. The van der Waals surface area contributed by atoms with E-state index in [1.807, 2.05) is 29.6 Å². The SMILES string of the molecule is O=C(Nc1nc2ccccc2s1)c1csc(C2CCN(C(=O)C3CCCCC3)CC2)n1. The van der Waals surface area contributed by atoms with E-state index in [9.17, 15) is 9.59 Å². The number of aromatic nitrogens is 2. The molecule has 2 fully saturated rings. The first kappa shape index (κ1) is 20.6. The molecule has 3 heterocycles. The summed E-state index contributed by atoms with van der Waals surface area (Å²) in [6.07, 6.45) is 7.60. The normalized spacial score (nSPS) is 18.4. The van der Waals surface area contributed by atoms with E-state index in [-0.39, 0.29) is 11.8 Å². The second-order valence-electron chi connectivity index (χ2n) is 8.45. The number of carbonyl (C=O) groups excluding carboxylic acids is 2. The number of hydrogen-bond acceptors (Lipinski definition) is 6. The zero-order chi connectivity index (χ0) is 21.2. The van der Waals surface area contributed by atoms with E-state index in [0.717, 1.165) is 54.0 Å². The molecule has 31 heavy (non-hydrogen) atoms. The molecule has 162 valence electrons. The third-order valence-corrected chi connectivity index (χ3v) is 8.34. The number of likely N-dealkylation sites (tertiary alicyclic amines) is 1. The average molecular weight is 455 g/mol. The van der Waals surface area contributed by atoms with Gasteiger partial charge in [-0.05, 0) is 37.8 Å². The minimum atomic E-state index is -0.216. The van der Waals surface area contributed by atoms with Crippen LogP contribution in [0.25, 0.3) is 10.2 Å². The lowest BCUT2D eigenvalue weighted by Gasteiger charge is -2.34. The van der Waals surface area contributed by atoms with Crippen molar-refractivity contribution in [3.8, 4) is 0 Å². The quantitative estimate of drug-likeness (QED) is 0.581. The maximum atomic E-state index is 12.8. The lowest BCUT2D eigenvalue weighted by molar-refractivity contribution is -0.137. The van der Waals surface area contributed by atoms with Crippen molar-refractivity contribution in [1.82, 2.24) is 14.9 Å². The molecule has 2 amide bonds. The van der Waals surface area contributed by atoms with Crippen LogP contribution in [0.5, 0.6) is 0 Å². The molecule has 3 aromatic rings. The zero-order valence-electron chi connectivity index (χ0n) is 17.4. The van der Waals surface area contributed by atoms with Gasteiger partial charge < -0.3 is 4.90 Å². The van der Waals surface area contributed by atoms with Gasteiger partial charge in [-0.2, -0.15) is 0 Å². The molecule has 8 heteroatoms. The van der Waals surface area contributed by atoms with Gasteiger partial charge in [0, 0.05) is 30.3 Å². The van der Waals surface area contributed by atoms with E-state index in [2.05, 4.69) is 20.2 Å². The highest BCUT2D eigenvalue weighted by Gasteiger charge is 2.30. The largest absolute Gasteiger partial charge is 0.342 e. The van der Waals surface area contributed by atoms with Crippen LogP contribution in [0.3, 0.4) is 0 Å². The van der Waals surface area contributed by atoms with Gasteiger partial charge in [0.05, 0.1) is 15.2 Å². The summed E-state index contributed by atoms with van der Waals surface area (Å²) in [5.41, 5.74) is 1.33. The van der Waals surface area contributed by atoms with Crippen LogP contribution in [0, 0.1) is 5.92 Å². The van der Waals surface area contributed by atoms with Gasteiger partial charge in [-0.3, -0.25) is 14.9 Å². The summed E-state index contributed by atoms with van der Waals surface area (Å²) in [6, 6.07) is 7.84. The number of amides is 2. The lowest BCUT2D eigenvalue weighted by atomic mass is 9.87. The van der Waals surface area contributed by atoms with Gasteiger partial charge in [-0.15, -0.1) is 11.3 Å². The second kappa shape index (κ2) is 9.04. The first-order valence-corrected chi connectivity index (χ1v) is 12.8. The highest BCUT2D eigenvalue weighted by molar-refractivity contribution is 7.22. The predicted octanol–water partition coefficient (Wildman–Crippen LogP) is 5.29. The van der Waals surface area contributed by atoms with Gasteiger partial charge in [-0.25, -0.2) is 9.97 Å². The number of nitrogens with zero attached hydrogens (tertiary/aromatic N) is 3. The monoisotopic (exact) mass is 454 g/mol. The summed E-state index contributed by atoms with van der Waals surface area (Å²) >= 11 is 3.01. The number of fused-ring (bicyclic) bond motifs is 1. The Morgan fingerprint density at radius 2 is 1.77 bits per heavy atom. The Bertz CT molecular complexity index is 1050. The molecule has 1 aliphatic heterocycles. The number of thiazole rings is 2. The Labute approximate surface area is 189 Å². The molecule has 1 saturated carbocycles. The lowest BCUT2D eigenvalue weighted by Crippen LogP contribution is -2.41. The fraction of sp³-hybridized carbons (Fsp3) is 0.478. The fourth-order valence-electron chi connectivity index (χ4n) is 4.62. The molecule has 1 N–H and O–H groups in total. The van der Waals surface area contributed by atoms with Crippen molar-refractivity contribution in [1.29, 1.82) is 0 Å². The van der Waals surface area contributed by atoms with Crippen LogP contribution in [-0.2, 0) is 4.79 Å². The van der Waals surface area contributed by atoms with Gasteiger partial charge in [0.2, 0.25) is 5.91 Å². The highest BCUT2D eigenvalue weighted by atomic mass is 32.1. The third kappa shape index (κ3) is 4.50. The van der Waals surface area contributed by atoms with E-state index >= 15 is 0 Å². The van der Waals surface area contributed by atoms with Crippen molar-refractivity contribution in [2.75, 3.05) is 18.4 Å². The van der Waals surface area contributed by atoms with Crippen LogP contribution in [0.15, 0.2) is 29.6 Å². The molecule has 2 aliphatic rings. The Kier molecular flexibility index (Phi) is 6.00. The van der Waals surface area contributed by atoms with E-state index in [4.69, 9.17) is 0 Å². The van der Waals surface area contributed by atoms with Gasteiger partial charge in [0.25, 0.3) is 5.91 Å². The van der Waals surface area contributed by atoms with Crippen LogP contribution in [0.2, 0.25) is 0 Å². The van der Waals surface area contributed by atoms with Crippen LogP contribution >= 0.6 is 22.7 Å². The van der Waals surface area contributed by atoms with Crippen molar-refractivity contribution in [2.24, 2.45) is 5.92 Å². The Balaban J connectivity index is 1.18. The first-order chi connectivity index (χ1) is 15.2. The standard InChI is InChI=1S/C23H26N4O2S2/c28-20(26-23-25-17-8-4-5-9-19(17)31-23)18-14-30-21(24-18)15-10-12-27(13-11-15)22(29)16-6-2-1-3-7-16/h4-5,8-9,14-16H,1-3,6-7,10-13H2,(H,25,26,28). The molecule has 0 radical (unpaired) electrons. The molecular weight excluding hydrogens is 428 g/mol. The number of piperidine rings is 1. The van der Waals surface area contributed by atoms with Crippen molar-refractivity contribution in [3.05, 3.63) is 40.3 Å². The number of nitrogens with one attached hydrogen (secondary N) is 1. The van der Waals surface area contributed by atoms with Crippen molar-refractivity contribution in [3.63, 3.8) is 0 Å². The molecular formula is C23H26N4O2S2. The summed E-state index contributed by atoms with van der Waals surface area (Å²) in [7, 11) is 0. The molecule has 1 aromatic carbocycles. The molecule has 1 aliphatic carbocycles. The zero-order valence-corrected chi connectivity index (χ0v) is 19.0. The molecule has 0 atom stereocenters.